The smallest absolute Gasteiger partial charge is 0.131 e. The summed E-state index contributed by atoms with van der Waals surface area (Å²) in [5, 5.41) is 3.29. The summed E-state index contributed by atoms with van der Waals surface area (Å²) in [6.07, 6.45) is 1.94. The van der Waals surface area contributed by atoms with Crippen LogP contribution in [0.3, 0.4) is 0 Å². The van der Waals surface area contributed by atoms with Gasteiger partial charge in [-0.1, -0.05) is 39.0 Å². The second kappa shape index (κ2) is 7.21. The molecular weight excluding hydrogens is 258 g/mol. The maximum Gasteiger partial charge on any atom is 0.131 e. The van der Waals surface area contributed by atoms with Crippen LogP contribution in [0.15, 0.2) is 30.3 Å². The number of aryl methyl sites for hydroxylation is 1. The third kappa shape index (κ3) is 4.28. The highest BCUT2D eigenvalue weighted by molar-refractivity contribution is 5.63. The van der Waals surface area contributed by atoms with E-state index in [1.54, 1.807) is 0 Å². The average Bonchev–Trinajstić information content (AvgIpc) is 2.47. The van der Waals surface area contributed by atoms with Gasteiger partial charge in [0.1, 0.15) is 11.6 Å². The first-order valence-electron chi connectivity index (χ1n) is 7.83. The van der Waals surface area contributed by atoms with Gasteiger partial charge in [-0.2, -0.15) is 0 Å². The number of rotatable bonds is 6. The first kappa shape index (κ1) is 15.5. The maximum atomic E-state index is 4.67. The molecule has 0 radical (unpaired) electrons. The molecule has 1 heterocycles. The van der Waals surface area contributed by atoms with Crippen molar-refractivity contribution >= 4 is 5.82 Å². The zero-order valence-electron chi connectivity index (χ0n) is 13.5. The molecule has 0 aliphatic carbocycles. The van der Waals surface area contributed by atoms with Gasteiger partial charge in [0, 0.05) is 24.6 Å². The Kier molecular flexibility index (Phi) is 5.32. The van der Waals surface area contributed by atoms with Crippen molar-refractivity contribution in [2.45, 2.75) is 40.5 Å². The van der Waals surface area contributed by atoms with Crippen LogP contribution < -0.4 is 5.32 Å². The standard InChI is InChI=1S/C18H25N3/c1-5-17-20-16(12-18(21-17)19-6-2)15-9-7-8-14(11-15)10-13(3)4/h7-9,11-13H,5-6,10H2,1-4H3,(H,19,20,21). The van der Waals surface area contributed by atoms with E-state index in [9.17, 15) is 0 Å². The average molecular weight is 283 g/mol. The highest BCUT2D eigenvalue weighted by Gasteiger charge is 2.07. The summed E-state index contributed by atoms with van der Waals surface area (Å²) >= 11 is 0. The third-order valence-electron chi connectivity index (χ3n) is 3.31. The molecule has 0 amide bonds. The summed E-state index contributed by atoms with van der Waals surface area (Å²) in [6, 6.07) is 10.7. The molecule has 1 aromatic heterocycles. The van der Waals surface area contributed by atoms with Crippen LogP contribution in [0.4, 0.5) is 5.82 Å². The minimum absolute atomic E-state index is 0.661. The molecule has 0 aliphatic heterocycles. The lowest BCUT2D eigenvalue weighted by atomic mass is 10.00. The van der Waals surface area contributed by atoms with Gasteiger partial charge in [0.05, 0.1) is 5.69 Å². The maximum absolute atomic E-state index is 4.67. The van der Waals surface area contributed by atoms with Crippen molar-refractivity contribution in [1.82, 2.24) is 9.97 Å². The fourth-order valence-electron chi connectivity index (χ4n) is 2.40. The molecule has 0 saturated heterocycles. The zero-order valence-corrected chi connectivity index (χ0v) is 13.5. The highest BCUT2D eigenvalue weighted by Crippen LogP contribution is 2.22. The van der Waals surface area contributed by atoms with E-state index in [0.29, 0.717) is 5.92 Å². The first-order valence-corrected chi connectivity index (χ1v) is 7.83. The van der Waals surface area contributed by atoms with E-state index in [0.717, 1.165) is 36.7 Å². The van der Waals surface area contributed by atoms with Gasteiger partial charge in [-0.05, 0) is 30.9 Å². The molecule has 0 aliphatic rings. The fourth-order valence-corrected chi connectivity index (χ4v) is 2.40. The van der Waals surface area contributed by atoms with Crippen LogP contribution in [0.25, 0.3) is 11.3 Å². The Morgan fingerprint density at radius 2 is 1.90 bits per heavy atom. The monoisotopic (exact) mass is 283 g/mol. The van der Waals surface area contributed by atoms with Gasteiger partial charge in [0.2, 0.25) is 0 Å². The van der Waals surface area contributed by atoms with Crippen molar-refractivity contribution in [3.63, 3.8) is 0 Å². The predicted molar refractivity (Wildman–Crippen MR) is 89.6 cm³/mol. The van der Waals surface area contributed by atoms with E-state index < -0.39 is 0 Å². The molecule has 0 saturated carbocycles. The second-order valence-corrected chi connectivity index (χ2v) is 5.74. The molecule has 0 fully saturated rings. The summed E-state index contributed by atoms with van der Waals surface area (Å²) in [4.78, 5) is 9.19. The van der Waals surface area contributed by atoms with E-state index in [4.69, 9.17) is 0 Å². The largest absolute Gasteiger partial charge is 0.370 e. The van der Waals surface area contributed by atoms with Gasteiger partial charge < -0.3 is 5.32 Å². The number of anilines is 1. The van der Waals surface area contributed by atoms with Gasteiger partial charge in [0.15, 0.2) is 0 Å². The number of aromatic nitrogens is 2. The lowest BCUT2D eigenvalue weighted by molar-refractivity contribution is 0.647. The molecule has 2 rings (SSSR count). The molecule has 3 heteroatoms. The minimum Gasteiger partial charge on any atom is -0.370 e. The van der Waals surface area contributed by atoms with Gasteiger partial charge in [-0.3, -0.25) is 0 Å². The highest BCUT2D eigenvalue weighted by atomic mass is 15.0. The van der Waals surface area contributed by atoms with Crippen molar-refractivity contribution in [2.75, 3.05) is 11.9 Å². The summed E-state index contributed by atoms with van der Waals surface area (Å²) in [7, 11) is 0. The number of hydrogen-bond acceptors (Lipinski definition) is 3. The lowest BCUT2D eigenvalue weighted by Gasteiger charge is -2.10. The molecule has 3 nitrogen and oxygen atoms in total. The van der Waals surface area contributed by atoms with Crippen molar-refractivity contribution in [3.05, 3.63) is 41.7 Å². The van der Waals surface area contributed by atoms with E-state index in [-0.39, 0.29) is 0 Å². The Morgan fingerprint density at radius 3 is 2.57 bits per heavy atom. The quantitative estimate of drug-likeness (QED) is 0.857. The van der Waals surface area contributed by atoms with Crippen LogP contribution in [0, 0.1) is 5.92 Å². The molecular formula is C18H25N3. The molecule has 0 spiro atoms. The van der Waals surface area contributed by atoms with Crippen LogP contribution >= 0.6 is 0 Å². The summed E-state index contributed by atoms with van der Waals surface area (Å²) < 4.78 is 0. The Bertz CT molecular complexity index is 591. The summed E-state index contributed by atoms with van der Waals surface area (Å²) in [6.45, 7) is 9.53. The number of hydrogen-bond donors (Lipinski definition) is 1. The first-order chi connectivity index (χ1) is 10.1. The van der Waals surface area contributed by atoms with Crippen LogP contribution in [-0.4, -0.2) is 16.5 Å². The predicted octanol–water partition coefficient (Wildman–Crippen LogP) is 4.34. The Balaban J connectivity index is 2.38. The van der Waals surface area contributed by atoms with Gasteiger partial charge in [-0.15, -0.1) is 0 Å². The molecule has 1 N–H and O–H groups in total. The van der Waals surface area contributed by atoms with Gasteiger partial charge >= 0.3 is 0 Å². The van der Waals surface area contributed by atoms with E-state index in [2.05, 4.69) is 67.2 Å². The van der Waals surface area contributed by atoms with E-state index in [1.807, 2.05) is 6.07 Å². The third-order valence-corrected chi connectivity index (χ3v) is 3.31. The number of benzene rings is 1. The molecule has 2 aromatic rings. The summed E-state index contributed by atoms with van der Waals surface area (Å²) in [5.41, 5.74) is 3.54. The van der Waals surface area contributed by atoms with Crippen LogP contribution in [0.1, 0.15) is 39.1 Å². The second-order valence-electron chi connectivity index (χ2n) is 5.74. The van der Waals surface area contributed by atoms with Crippen molar-refractivity contribution in [2.24, 2.45) is 5.92 Å². The zero-order chi connectivity index (χ0) is 15.2. The van der Waals surface area contributed by atoms with Crippen molar-refractivity contribution in [1.29, 1.82) is 0 Å². The van der Waals surface area contributed by atoms with E-state index >= 15 is 0 Å². The van der Waals surface area contributed by atoms with Gasteiger partial charge in [0.25, 0.3) is 0 Å². The van der Waals surface area contributed by atoms with Crippen molar-refractivity contribution in [3.8, 4) is 11.3 Å². The van der Waals surface area contributed by atoms with Crippen LogP contribution in [0.2, 0.25) is 0 Å². The fraction of sp³-hybridized carbons (Fsp3) is 0.444. The SMILES string of the molecule is CCNc1cc(-c2cccc(CC(C)C)c2)nc(CC)n1. The summed E-state index contributed by atoms with van der Waals surface area (Å²) in [5.74, 6) is 2.46. The van der Waals surface area contributed by atoms with Gasteiger partial charge in [-0.25, -0.2) is 9.97 Å². The molecule has 1 aromatic carbocycles. The molecule has 112 valence electrons. The normalized spacial score (nSPS) is 10.9. The number of nitrogens with zero attached hydrogens (tertiary/aromatic N) is 2. The lowest BCUT2D eigenvalue weighted by Crippen LogP contribution is -2.04. The Labute approximate surface area is 127 Å². The van der Waals surface area contributed by atoms with Crippen LogP contribution in [-0.2, 0) is 12.8 Å². The molecule has 0 bridgehead atoms. The van der Waals surface area contributed by atoms with Crippen LogP contribution in [0.5, 0.6) is 0 Å². The Hall–Kier alpha value is -1.90. The van der Waals surface area contributed by atoms with Crippen molar-refractivity contribution < 1.29 is 0 Å². The number of nitrogens with one attached hydrogen (secondary N) is 1. The van der Waals surface area contributed by atoms with E-state index in [1.165, 1.54) is 11.1 Å². The molecule has 0 atom stereocenters. The Morgan fingerprint density at radius 1 is 1.10 bits per heavy atom. The minimum atomic E-state index is 0.661. The molecule has 21 heavy (non-hydrogen) atoms. The topological polar surface area (TPSA) is 37.8 Å². The molecule has 0 unspecified atom stereocenters.